The van der Waals surface area contributed by atoms with E-state index in [0.29, 0.717) is 49.2 Å². The molecule has 2 aromatic carbocycles. The van der Waals surface area contributed by atoms with Gasteiger partial charge in [-0.1, -0.05) is 6.07 Å². The molecule has 2 aromatic heterocycles. The zero-order chi connectivity index (χ0) is 34.2. The van der Waals surface area contributed by atoms with Crippen molar-refractivity contribution in [2.75, 3.05) is 38.5 Å². The standard InChI is InChI=1S/C34H34F2N8O4/c1-34(2,42-16-14-39-28(45)20-42)17-21(18-37)32(46)41-15-4-5-23(19-41)43-27-12-13-40-31(38)29(27)44(33(43)47)22-8-10-24(11-9-22)48-30-25(35)6-3-7-26(30)36/h3,6-13,17,23H,4-5,14-16,19-20H2,1-2H3,(H2,38,40)(H,39,45)/t23-/m1/s1. The van der Waals surface area contributed by atoms with Gasteiger partial charge in [0, 0.05) is 37.9 Å². The molecule has 248 valence electrons. The van der Waals surface area contributed by atoms with Gasteiger partial charge in [0.05, 0.1) is 23.8 Å². The fraction of sp³-hybridized carbons (Fsp3) is 0.324. The third-order valence-electron chi connectivity index (χ3n) is 8.80. The number of anilines is 1. The summed E-state index contributed by atoms with van der Waals surface area (Å²) in [5.41, 5.74) is 6.42. The zero-order valence-corrected chi connectivity index (χ0v) is 26.5. The number of nitrogens with zero attached hydrogens (tertiary/aromatic N) is 6. The number of para-hydroxylation sites is 1. The Labute approximate surface area is 274 Å². The summed E-state index contributed by atoms with van der Waals surface area (Å²) >= 11 is 0. The number of nitrogens with two attached hydrogens (primary N) is 1. The van der Waals surface area contributed by atoms with Crippen molar-refractivity contribution in [1.82, 2.24) is 29.2 Å². The van der Waals surface area contributed by atoms with Crippen LogP contribution in [0.1, 0.15) is 32.7 Å². The molecule has 48 heavy (non-hydrogen) atoms. The number of amides is 2. The normalized spacial score (nSPS) is 17.6. The maximum Gasteiger partial charge on any atom is 0.334 e. The van der Waals surface area contributed by atoms with Crippen LogP contribution in [0.2, 0.25) is 0 Å². The number of hydrogen-bond donors (Lipinski definition) is 2. The number of aromatic nitrogens is 3. The molecule has 0 radical (unpaired) electrons. The van der Waals surface area contributed by atoms with Gasteiger partial charge in [-0.3, -0.25) is 23.6 Å². The van der Waals surface area contributed by atoms with Crippen molar-refractivity contribution < 1.29 is 23.1 Å². The zero-order valence-electron chi connectivity index (χ0n) is 26.5. The quantitative estimate of drug-likeness (QED) is 0.226. The second kappa shape index (κ2) is 12.9. The van der Waals surface area contributed by atoms with Crippen molar-refractivity contribution in [3.63, 3.8) is 0 Å². The van der Waals surface area contributed by atoms with Crippen molar-refractivity contribution in [3.8, 4) is 23.3 Å². The third kappa shape index (κ3) is 6.12. The Morgan fingerprint density at radius 3 is 2.54 bits per heavy atom. The molecule has 0 saturated carbocycles. The summed E-state index contributed by atoms with van der Waals surface area (Å²) in [5, 5.41) is 12.8. The Morgan fingerprint density at radius 1 is 1.12 bits per heavy atom. The summed E-state index contributed by atoms with van der Waals surface area (Å²) in [7, 11) is 0. The summed E-state index contributed by atoms with van der Waals surface area (Å²) in [6.07, 6.45) is 4.29. The molecule has 6 rings (SSSR count). The van der Waals surface area contributed by atoms with Crippen LogP contribution < -0.4 is 21.5 Å². The largest absolute Gasteiger partial charge is 0.451 e. The van der Waals surface area contributed by atoms with E-state index in [2.05, 4.69) is 16.4 Å². The van der Waals surface area contributed by atoms with Gasteiger partial charge in [-0.05, 0) is 75.2 Å². The average molecular weight is 657 g/mol. The van der Waals surface area contributed by atoms with E-state index in [-0.39, 0.29) is 36.1 Å². The van der Waals surface area contributed by atoms with E-state index in [9.17, 15) is 28.4 Å². The molecule has 4 aromatic rings. The van der Waals surface area contributed by atoms with Gasteiger partial charge in [0.15, 0.2) is 17.4 Å². The molecule has 0 aliphatic carbocycles. The number of nitrogen functional groups attached to an aromatic ring is 1. The lowest BCUT2D eigenvalue weighted by molar-refractivity contribution is -0.128. The number of ether oxygens (including phenoxy) is 1. The van der Waals surface area contributed by atoms with Gasteiger partial charge in [-0.2, -0.15) is 5.26 Å². The summed E-state index contributed by atoms with van der Waals surface area (Å²) in [5.74, 6) is -2.54. The number of rotatable bonds is 7. The number of nitriles is 1. The maximum atomic E-state index is 14.2. The lowest BCUT2D eigenvalue weighted by Crippen LogP contribution is -2.55. The van der Waals surface area contributed by atoms with Crippen molar-refractivity contribution in [2.45, 2.75) is 38.3 Å². The predicted octanol–water partition coefficient (Wildman–Crippen LogP) is 3.66. The van der Waals surface area contributed by atoms with Gasteiger partial charge in [0.2, 0.25) is 5.91 Å². The van der Waals surface area contributed by atoms with Crippen LogP contribution in [0.4, 0.5) is 14.6 Å². The molecule has 14 heteroatoms. The van der Waals surface area contributed by atoms with Crippen LogP contribution in [-0.2, 0) is 9.59 Å². The van der Waals surface area contributed by atoms with Gasteiger partial charge in [-0.25, -0.2) is 18.6 Å². The number of fused-ring (bicyclic) bond motifs is 1. The number of nitrogens with one attached hydrogen (secondary N) is 1. The highest BCUT2D eigenvalue weighted by Crippen LogP contribution is 2.31. The number of benzene rings is 2. The number of likely N-dealkylation sites (tertiary alicyclic amines) is 1. The molecular formula is C34H34F2N8O4. The lowest BCUT2D eigenvalue weighted by atomic mass is 9.96. The minimum absolute atomic E-state index is 0.0348. The van der Waals surface area contributed by atoms with Gasteiger partial charge in [0.1, 0.15) is 28.7 Å². The molecule has 2 saturated heterocycles. The topological polar surface area (TPSA) is 152 Å². The number of carbonyl (C=O) groups excluding carboxylic acids is 2. The number of hydrogen-bond acceptors (Lipinski definition) is 8. The monoisotopic (exact) mass is 656 g/mol. The number of piperazine rings is 1. The highest BCUT2D eigenvalue weighted by molar-refractivity contribution is 5.97. The predicted molar refractivity (Wildman–Crippen MR) is 173 cm³/mol. The molecule has 1 atom stereocenters. The number of piperidine rings is 1. The highest BCUT2D eigenvalue weighted by atomic mass is 19.1. The number of halogens is 2. The van der Waals surface area contributed by atoms with E-state index >= 15 is 0 Å². The molecule has 12 nitrogen and oxygen atoms in total. The SMILES string of the molecule is CC(C)(C=C(C#N)C(=O)N1CCC[C@@H](n2c(=O)n(-c3ccc(Oc4c(F)cccc4F)cc3)c3c(N)nccc32)C1)N1CCNC(=O)C1. The number of imidazole rings is 1. The number of carbonyl (C=O) groups is 2. The number of pyridine rings is 1. The summed E-state index contributed by atoms with van der Waals surface area (Å²) < 4.78 is 36.7. The van der Waals surface area contributed by atoms with Crippen molar-refractivity contribution in [2.24, 2.45) is 0 Å². The lowest BCUT2D eigenvalue weighted by Gasteiger charge is -2.39. The minimum atomic E-state index is -0.852. The van der Waals surface area contributed by atoms with Crippen LogP contribution in [0, 0.1) is 23.0 Å². The third-order valence-corrected chi connectivity index (χ3v) is 8.80. The van der Waals surface area contributed by atoms with E-state index in [1.54, 1.807) is 33.7 Å². The second-order valence-electron chi connectivity index (χ2n) is 12.3. The van der Waals surface area contributed by atoms with Gasteiger partial charge in [0.25, 0.3) is 5.91 Å². The van der Waals surface area contributed by atoms with E-state index in [4.69, 9.17) is 10.5 Å². The molecule has 0 bridgehead atoms. The first-order valence-corrected chi connectivity index (χ1v) is 15.5. The fourth-order valence-electron chi connectivity index (χ4n) is 6.38. The molecule has 0 spiro atoms. The smallest absolute Gasteiger partial charge is 0.334 e. The molecule has 2 aliphatic heterocycles. The van der Waals surface area contributed by atoms with E-state index < -0.39 is 40.6 Å². The van der Waals surface area contributed by atoms with Crippen LogP contribution in [0.3, 0.4) is 0 Å². The molecule has 4 heterocycles. The molecule has 2 aliphatic rings. The molecule has 2 fully saturated rings. The van der Waals surface area contributed by atoms with Crippen LogP contribution in [0.15, 0.2) is 71.2 Å². The maximum absolute atomic E-state index is 14.2. The van der Waals surface area contributed by atoms with E-state index in [1.165, 1.54) is 29.0 Å². The molecule has 3 N–H and O–H groups in total. The Morgan fingerprint density at radius 2 is 1.85 bits per heavy atom. The first kappa shape index (κ1) is 32.4. The van der Waals surface area contributed by atoms with Crippen molar-refractivity contribution >= 4 is 28.7 Å². The average Bonchev–Trinajstić information content (AvgIpc) is 3.38. The van der Waals surface area contributed by atoms with Gasteiger partial charge < -0.3 is 20.7 Å². The first-order chi connectivity index (χ1) is 23.0. The summed E-state index contributed by atoms with van der Waals surface area (Å²) in [4.78, 5) is 47.6. The second-order valence-corrected chi connectivity index (χ2v) is 12.3. The van der Waals surface area contributed by atoms with Gasteiger partial charge >= 0.3 is 5.69 Å². The Kier molecular flexibility index (Phi) is 8.72. The van der Waals surface area contributed by atoms with Crippen molar-refractivity contribution in [3.05, 3.63) is 88.5 Å². The summed E-state index contributed by atoms with van der Waals surface area (Å²) in [6, 6.07) is 12.8. The molecule has 0 unspecified atom stereocenters. The Balaban J connectivity index is 1.30. The highest BCUT2D eigenvalue weighted by Gasteiger charge is 2.34. The van der Waals surface area contributed by atoms with E-state index in [0.717, 1.165) is 12.1 Å². The molecule has 2 amide bonds. The van der Waals surface area contributed by atoms with Crippen LogP contribution in [-0.4, -0.2) is 74.0 Å². The van der Waals surface area contributed by atoms with Crippen LogP contribution in [0.5, 0.6) is 11.5 Å². The first-order valence-electron chi connectivity index (χ1n) is 15.5. The van der Waals surface area contributed by atoms with Crippen LogP contribution >= 0.6 is 0 Å². The van der Waals surface area contributed by atoms with E-state index in [1.807, 2.05) is 18.7 Å². The minimum Gasteiger partial charge on any atom is -0.451 e. The fourth-order valence-corrected chi connectivity index (χ4v) is 6.38. The Bertz CT molecular complexity index is 2010. The van der Waals surface area contributed by atoms with Crippen LogP contribution in [0.25, 0.3) is 16.7 Å². The molecular weight excluding hydrogens is 622 g/mol. The summed E-state index contributed by atoms with van der Waals surface area (Å²) in [6.45, 7) is 5.52. The Hall–Kier alpha value is -5.55. The van der Waals surface area contributed by atoms with Crippen molar-refractivity contribution in [1.29, 1.82) is 5.26 Å². The van der Waals surface area contributed by atoms with Gasteiger partial charge in [-0.15, -0.1) is 0 Å².